The fourth-order valence-corrected chi connectivity index (χ4v) is 12.1. The predicted octanol–water partition coefficient (Wildman–Crippen LogP) is 16.3. The Morgan fingerprint density at radius 3 is 1.65 bits per heavy atom. The Morgan fingerprint density at radius 2 is 1.01 bits per heavy atom. The number of anilines is 6. The molecule has 0 saturated carbocycles. The van der Waals surface area contributed by atoms with Crippen LogP contribution in [0.25, 0.3) is 44.2 Å². The monoisotopic (exact) mass is 899 g/mol. The quantitative estimate of drug-likeness (QED) is 0.164. The van der Waals surface area contributed by atoms with Crippen LogP contribution in [0.2, 0.25) is 0 Å². The summed E-state index contributed by atoms with van der Waals surface area (Å²) in [5, 5.41) is 2.30. The second-order valence-corrected chi connectivity index (χ2v) is 23.7. The second-order valence-electron chi connectivity index (χ2n) is 23.7. The molecular weight excluding hydrogens is 836 g/mol. The number of hydrogen-bond donors (Lipinski definition) is 0. The van der Waals surface area contributed by atoms with E-state index in [0.717, 1.165) is 46.2 Å². The molecule has 342 valence electrons. The molecular formula is C65H63BN2O. The Balaban J connectivity index is 1.27. The molecule has 8 aromatic carbocycles. The lowest BCUT2D eigenvalue weighted by Crippen LogP contribution is -2.62. The van der Waals surface area contributed by atoms with E-state index in [-0.39, 0.29) is 28.4 Å². The molecule has 12 rings (SSSR count). The molecule has 0 atom stereocenters. The SMILES string of the molecule is Cc1cc(C(C)(C)C)ccc1N1c2cc3c(cc2B2c4c1cc(-c1ccccc1)cc4N(c1ccc(C(C)(C)C)cc1-c1ccccc1)c1ccc4c(oc5ccccc54)c12)C(C)(C)CCC3(C)C. The molecule has 1 aliphatic carbocycles. The van der Waals surface area contributed by atoms with Gasteiger partial charge in [0.25, 0.3) is 6.71 Å². The third-order valence-corrected chi connectivity index (χ3v) is 16.1. The van der Waals surface area contributed by atoms with Gasteiger partial charge in [0, 0.05) is 44.8 Å². The van der Waals surface area contributed by atoms with Crippen molar-refractivity contribution in [1.82, 2.24) is 0 Å². The standard InChI is InChI=1S/C65H63BN2O/c1-40-34-44(62(2,3)4)26-29-52(40)67-55-39-50-49(64(8,9)32-33-65(50,10)11)38-51(55)66-59-56(67)35-43(41-20-14-12-15-21-41)36-57(59)68(54-31-28-47-46-24-18-19-25-58(46)69-61(47)60(54)66)53-30-27-45(63(5,6)7)37-48(53)42-22-16-13-17-23-42/h12-31,34-39H,32-33H2,1-11H3. The molecule has 0 fully saturated rings. The predicted molar refractivity (Wildman–Crippen MR) is 296 cm³/mol. The molecule has 3 heterocycles. The Kier molecular flexibility index (Phi) is 9.53. The third kappa shape index (κ3) is 6.76. The first kappa shape index (κ1) is 43.5. The maximum absolute atomic E-state index is 7.25. The molecule has 0 unspecified atom stereocenters. The average Bonchev–Trinajstić information content (AvgIpc) is 3.71. The molecule has 3 nitrogen and oxygen atoms in total. The van der Waals surface area contributed by atoms with Crippen molar-refractivity contribution in [2.75, 3.05) is 9.80 Å². The highest BCUT2D eigenvalue weighted by atomic mass is 16.3. The second kappa shape index (κ2) is 15.1. The molecule has 0 spiro atoms. The molecule has 3 aliphatic rings. The van der Waals surface area contributed by atoms with E-state index in [0.29, 0.717) is 0 Å². The van der Waals surface area contributed by atoms with Gasteiger partial charge < -0.3 is 14.2 Å². The Bertz CT molecular complexity index is 3550. The number of para-hydroxylation sites is 1. The molecule has 1 aromatic heterocycles. The van der Waals surface area contributed by atoms with Crippen LogP contribution in [-0.2, 0) is 21.7 Å². The van der Waals surface area contributed by atoms with Crippen LogP contribution in [0.3, 0.4) is 0 Å². The van der Waals surface area contributed by atoms with E-state index >= 15 is 0 Å². The number of furan rings is 1. The first-order chi connectivity index (χ1) is 32.9. The van der Waals surface area contributed by atoms with Crippen molar-refractivity contribution in [3.05, 3.63) is 186 Å². The van der Waals surface area contributed by atoms with Gasteiger partial charge in [0.2, 0.25) is 0 Å². The minimum absolute atomic E-state index is 0.00352. The summed E-state index contributed by atoms with van der Waals surface area (Å²) in [4.78, 5) is 5.25. The number of rotatable bonds is 4. The molecule has 0 radical (unpaired) electrons. The number of hydrogen-bond acceptors (Lipinski definition) is 3. The van der Waals surface area contributed by atoms with Crippen LogP contribution < -0.4 is 26.2 Å². The van der Waals surface area contributed by atoms with Crippen LogP contribution in [0.4, 0.5) is 34.1 Å². The zero-order chi connectivity index (χ0) is 47.9. The zero-order valence-corrected chi connectivity index (χ0v) is 42.3. The van der Waals surface area contributed by atoms with Crippen molar-refractivity contribution in [3.8, 4) is 22.3 Å². The third-order valence-electron chi connectivity index (χ3n) is 16.1. The smallest absolute Gasteiger partial charge is 0.257 e. The van der Waals surface area contributed by atoms with Crippen LogP contribution >= 0.6 is 0 Å². The van der Waals surface area contributed by atoms with Crippen LogP contribution in [0.15, 0.2) is 162 Å². The minimum Gasteiger partial charge on any atom is -0.457 e. The van der Waals surface area contributed by atoms with E-state index in [2.05, 4.69) is 244 Å². The summed E-state index contributed by atoms with van der Waals surface area (Å²) in [5.74, 6) is 0. The van der Waals surface area contributed by atoms with E-state index in [4.69, 9.17) is 4.42 Å². The van der Waals surface area contributed by atoms with Crippen molar-refractivity contribution in [1.29, 1.82) is 0 Å². The maximum Gasteiger partial charge on any atom is 0.257 e. The highest BCUT2D eigenvalue weighted by Gasteiger charge is 2.48. The molecule has 0 saturated heterocycles. The largest absolute Gasteiger partial charge is 0.457 e. The van der Waals surface area contributed by atoms with Crippen molar-refractivity contribution < 1.29 is 4.42 Å². The van der Waals surface area contributed by atoms with Gasteiger partial charge in [-0.3, -0.25) is 0 Å². The Hall–Kier alpha value is -6.78. The first-order valence-corrected chi connectivity index (χ1v) is 25.2. The van der Waals surface area contributed by atoms with Gasteiger partial charge in [0.15, 0.2) is 0 Å². The van der Waals surface area contributed by atoms with Gasteiger partial charge >= 0.3 is 0 Å². The van der Waals surface area contributed by atoms with E-state index in [1.54, 1.807) is 0 Å². The normalized spacial score (nSPS) is 15.8. The number of nitrogens with zero attached hydrogens (tertiary/aromatic N) is 2. The topological polar surface area (TPSA) is 19.6 Å². The molecule has 9 aromatic rings. The van der Waals surface area contributed by atoms with Gasteiger partial charge in [-0.2, -0.15) is 0 Å². The molecule has 4 heteroatoms. The summed E-state index contributed by atoms with van der Waals surface area (Å²) < 4.78 is 7.25. The molecule has 0 bridgehead atoms. The first-order valence-electron chi connectivity index (χ1n) is 25.2. The molecule has 0 amide bonds. The number of fused-ring (bicyclic) bond motifs is 9. The lowest BCUT2D eigenvalue weighted by molar-refractivity contribution is 0.332. The van der Waals surface area contributed by atoms with Crippen LogP contribution in [0.5, 0.6) is 0 Å². The lowest BCUT2D eigenvalue weighted by atomic mass is 9.32. The van der Waals surface area contributed by atoms with Crippen molar-refractivity contribution >= 4 is 79.2 Å². The van der Waals surface area contributed by atoms with Gasteiger partial charge in [-0.25, -0.2) is 0 Å². The van der Waals surface area contributed by atoms with E-state index in [1.165, 1.54) is 89.2 Å². The summed E-state index contributed by atoms with van der Waals surface area (Å²) in [7, 11) is 0. The van der Waals surface area contributed by atoms with Gasteiger partial charge in [-0.1, -0.05) is 172 Å². The maximum atomic E-state index is 7.25. The number of aryl methyl sites for hydroxylation is 1. The summed E-state index contributed by atoms with van der Waals surface area (Å²) in [6.07, 6.45) is 2.28. The van der Waals surface area contributed by atoms with Gasteiger partial charge in [-0.15, -0.1) is 0 Å². The minimum atomic E-state index is -0.129. The van der Waals surface area contributed by atoms with Gasteiger partial charge in [-0.05, 0) is 157 Å². The zero-order valence-electron chi connectivity index (χ0n) is 42.3. The lowest BCUT2D eigenvalue weighted by Gasteiger charge is -2.48. The van der Waals surface area contributed by atoms with Crippen molar-refractivity contribution in [2.45, 2.75) is 111 Å². The molecule has 69 heavy (non-hydrogen) atoms. The summed E-state index contributed by atoms with van der Waals surface area (Å²) in [5.41, 5.74) is 24.5. The van der Waals surface area contributed by atoms with Crippen molar-refractivity contribution in [2.24, 2.45) is 0 Å². The number of benzene rings is 8. The summed E-state index contributed by atoms with van der Waals surface area (Å²) >= 11 is 0. The fourth-order valence-electron chi connectivity index (χ4n) is 12.1. The molecule has 2 aliphatic heterocycles. The highest BCUT2D eigenvalue weighted by molar-refractivity contribution is 7.01. The van der Waals surface area contributed by atoms with Crippen LogP contribution in [0.1, 0.15) is 110 Å². The van der Waals surface area contributed by atoms with E-state index in [1.807, 2.05) is 0 Å². The fraction of sp³-hybridized carbons (Fsp3) is 0.262. The van der Waals surface area contributed by atoms with E-state index < -0.39 is 0 Å². The summed E-state index contributed by atoms with van der Waals surface area (Å²) in [6.45, 7) is 26.0. The Morgan fingerprint density at radius 1 is 0.464 bits per heavy atom. The Labute approximate surface area is 409 Å². The van der Waals surface area contributed by atoms with Crippen LogP contribution in [0, 0.1) is 6.92 Å². The van der Waals surface area contributed by atoms with Crippen molar-refractivity contribution in [3.63, 3.8) is 0 Å². The van der Waals surface area contributed by atoms with Crippen LogP contribution in [-0.4, -0.2) is 6.71 Å². The average molecular weight is 899 g/mol. The highest BCUT2D eigenvalue weighted by Crippen LogP contribution is 2.53. The molecule has 0 N–H and O–H groups in total. The van der Waals surface area contributed by atoms with E-state index in [9.17, 15) is 0 Å². The van der Waals surface area contributed by atoms with Gasteiger partial charge in [0.05, 0.1) is 5.69 Å². The van der Waals surface area contributed by atoms with Gasteiger partial charge in [0.1, 0.15) is 11.2 Å². The summed E-state index contributed by atoms with van der Waals surface area (Å²) in [6, 6.07) is 60.0.